The summed E-state index contributed by atoms with van der Waals surface area (Å²) in [5.41, 5.74) is 1.22. The average molecular weight is 270 g/mol. The molecular weight excluding hydrogens is 254 g/mol. The molecule has 0 saturated heterocycles. The summed E-state index contributed by atoms with van der Waals surface area (Å²) in [7, 11) is 0. The van der Waals surface area contributed by atoms with Gasteiger partial charge in [0, 0.05) is 18.3 Å². The lowest BCUT2D eigenvalue weighted by Crippen LogP contribution is -2.24. The van der Waals surface area contributed by atoms with Crippen LogP contribution in [-0.4, -0.2) is 17.8 Å². The highest BCUT2D eigenvalue weighted by molar-refractivity contribution is 9.09. The normalized spacial score (nSPS) is 9.93. The minimum Gasteiger partial charge on any atom is -0.356 e. The molecule has 0 heterocycles. The Bertz CT molecular complexity index is 287. The highest BCUT2D eigenvalue weighted by Crippen LogP contribution is 2.01. The summed E-state index contributed by atoms with van der Waals surface area (Å²) < 4.78 is 0. The smallest absolute Gasteiger partial charge is 0.220 e. The van der Waals surface area contributed by atoms with Crippen molar-refractivity contribution in [2.24, 2.45) is 0 Å². The molecule has 82 valence electrons. The molecule has 0 fully saturated rings. The van der Waals surface area contributed by atoms with Gasteiger partial charge in [0.1, 0.15) is 0 Å². The molecule has 0 spiro atoms. The fraction of sp³-hybridized carbons (Fsp3) is 0.417. The van der Waals surface area contributed by atoms with Crippen LogP contribution in [0.3, 0.4) is 0 Å². The lowest BCUT2D eigenvalue weighted by Gasteiger charge is -2.03. The number of carbonyl (C=O) groups excluding carboxylic acids is 1. The second-order valence-corrected chi connectivity index (χ2v) is 4.17. The maximum absolute atomic E-state index is 11.4. The molecule has 1 aromatic rings. The van der Waals surface area contributed by atoms with E-state index in [4.69, 9.17) is 0 Å². The Labute approximate surface area is 99.2 Å². The number of alkyl halides is 1. The molecule has 1 N–H and O–H groups in total. The lowest BCUT2D eigenvalue weighted by molar-refractivity contribution is -0.121. The van der Waals surface area contributed by atoms with E-state index in [0.29, 0.717) is 6.42 Å². The molecule has 0 bridgehead atoms. The first-order valence-electron chi connectivity index (χ1n) is 5.19. The monoisotopic (exact) mass is 269 g/mol. The molecule has 0 aliphatic heterocycles. The Balaban J connectivity index is 2.17. The summed E-state index contributed by atoms with van der Waals surface area (Å²) in [6.07, 6.45) is 2.38. The second kappa shape index (κ2) is 7.46. The van der Waals surface area contributed by atoms with Gasteiger partial charge in [0.2, 0.25) is 5.91 Å². The van der Waals surface area contributed by atoms with Crippen LogP contribution in [0, 0.1) is 0 Å². The van der Waals surface area contributed by atoms with Gasteiger partial charge in [-0.25, -0.2) is 0 Å². The first-order chi connectivity index (χ1) is 7.33. The summed E-state index contributed by atoms with van der Waals surface area (Å²) in [5, 5.41) is 3.82. The van der Waals surface area contributed by atoms with Gasteiger partial charge in [-0.15, -0.1) is 0 Å². The summed E-state index contributed by atoms with van der Waals surface area (Å²) in [5.74, 6) is 0.139. The number of rotatable bonds is 6. The van der Waals surface area contributed by atoms with Crippen molar-refractivity contribution in [3.8, 4) is 0 Å². The predicted octanol–water partition coefficient (Wildman–Crippen LogP) is 2.52. The van der Waals surface area contributed by atoms with Crippen LogP contribution in [0.5, 0.6) is 0 Å². The van der Waals surface area contributed by atoms with E-state index < -0.39 is 0 Å². The van der Waals surface area contributed by atoms with Crippen LogP contribution >= 0.6 is 15.9 Å². The van der Waals surface area contributed by atoms with E-state index in [1.165, 1.54) is 5.56 Å². The SMILES string of the molecule is O=C(CCc1ccccc1)NCCCBr. The molecule has 1 amide bonds. The van der Waals surface area contributed by atoms with Crippen LogP contribution in [0.15, 0.2) is 30.3 Å². The number of halogens is 1. The Morgan fingerprint density at radius 3 is 2.67 bits per heavy atom. The fourth-order valence-electron chi connectivity index (χ4n) is 1.29. The standard InChI is InChI=1S/C12H16BrNO/c13-9-4-10-14-12(15)8-7-11-5-2-1-3-6-11/h1-3,5-6H,4,7-10H2,(H,14,15). The number of aryl methyl sites for hydroxylation is 1. The molecule has 0 aliphatic rings. The Hall–Kier alpha value is -0.830. The molecule has 2 nitrogen and oxygen atoms in total. The van der Waals surface area contributed by atoms with Crippen molar-refractivity contribution in [2.45, 2.75) is 19.3 Å². The fourth-order valence-corrected chi connectivity index (χ4v) is 1.57. The number of nitrogens with one attached hydrogen (secondary N) is 1. The first-order valence-corrected chi connectivity index (χ1v) is 6.31. The molecule has 1 rings (SSSR count). The minimum atomic E-state index is 0.139. The Morgan fingerprint density at radius 2 is 2.00 bits per heavy atom. The van der Waals surface area contributed by atoms with Crippen molar-refractivity contribution in [3.05, 3.63) is 35.9 Å². The zero-order chi connectivity index (χ0) is 10.9. The van der Waals surface area contributed by atoms with Crippen LogP contribution < -0.4 is 5.32 Å². The third-order valence-corrected chi connectivity index (χ3v) is 2.68. The van der Waals surface area contributed by atoms with Crippen molar-refractivity contribution >= 4 is 21.8 Å². The van der Waals surface area contributed by atoms with Crippen molar-refractivity contribution in [2.75, 3.05) is 11.9 Å². The predicted molar refractivity (Wildman–Crippen MR) is 66.2 cm³/mol. The van der Waals surface area contributed by atoms with Crippen LogP contribution in [0.1, 0.15) is 18.4 Å². The third kappa shape index (κ3) is 5.57. The maximum atomic E-state index is 11.4. The van der Waals surface area contributed by atoms with Gasteiger partial charge in [-0.2, -0.15) is 0 Å². The summed E-state index contributed by atoms with van der Waals surface area (Å²) in [4.78, 5) is 11.4. The van der Waals surface area contributed by atoms with E-state index in [-0.39, 0.29) is 5.91 Å². The molecule has 0 unspecified atom stereocenters. The minimum absolute atomic E-state index is 0.139. The van der Waals surface area contributed by atoms with Gasteiger partial charge in [-0.3, -0.25) is 4.79 Å². The number of carbonyl (C=O) groups is 1. The van der Waals surface area contributed by atoms with E-state index in [9.17, 15) is 4.79 Å². The summed E-state index contributed by atoms with van der Waals surface area (Å²) >= 11 is 3.32. The van der Waals surface area contributed by atoms with Gasteiger partial charge < -0.3 is 5.32 Å². The van der Waals surface area contributed by atoms with E-state index >= 15 is 0 Å². The molecule has 0 radical (unpaired) electrons. The van der Waals surface area contributed by atoms with Crippen LogP contribution in [0.4, 0.5) is 0 Å². The van der Waals surface area contributed by atoms with Gasteiger partial charge >= 0.3 is 0 Å². The largest absolute Gasteiger partial charge is 0.356 e. The Morgan fingerprint density at radius 1 is 1.27 bits per heavy atom. The van der Waals surface area contributed by atoms with E-state index in [1.54, 1.807) is 0 Å². The number of benzene rings is 1. The highest BCUT2D eigenvalue weighted by Gasteiger charge is 2.00. The molecule has 0 saturated carbocycles. The summed E-state index contributed by atoms with van der Waals surface area (Å²) in [6.45, 7) is 0.763. The third-order valence-electron chi connectivity index (χ3n) is 2.12. The molecule has 3 heteroatoms. The van der Waals surface area contributed by atoms with Gasteiger partial charge in [-0.1, -0.05) is 46.3 Å². The van der Waals surface area contributed by atoms with E-state index in [2.05, 4.69) is 21.2 Å². The van der Waals surface area contributed by atoms with Gasteiger partial charge in [0.15, 0.2) is 0 Å². The van der Waals surface area contributed by atoms with Crippen LogP contribution in [0.25, 0.3) is 0 Å². The van der Waals surface area contributed by atoms with E-state index in [1.807, 2.05) is 30.3 Å². The topological polar surface area (TPSA) is 29.1 Å². The van der Waals surface area contributed by atoms with Gasteiger partial charge in [-0.05, 0) is 18.4 Å². The van der Waals surface area contributed by atoms with E-state index in [0.717, 1.165) is 24.7 Å². The van der Waals surface area contributed by atoms with Crippen molar-refractivity contribution in [1.29, 1.82) is 0 Å². The van der Waals surface area contributed by atoms with Crippen LogP contribution in [0.2, 0.25) is 0 Å². The molecular formula is C12H16BrNO. The lowest BCUT2D eigenvalue weighted by atomic mass is 10.1. The molecule has 15 heavy (non-hydrogen) atoms. The second-order valence-electron chi connectivity index (χ2n) is 3.38. The average Bonchev–Trinajstić information content (AvgIpc) is 2.28. The van der Waals surface area contributed by atoms with Crippen LogP contribution in [-0.2, 0) is 11.2 Å². The zero-order valence-corrected chi connectivity index (χ0v) is 10.3. The number of amides is 1. The van der Waals surface area contributed by atoms with Gasteiger partial charge in [0.25, 0.3) is 0 Å². The van der Waals surface area contributed by atoms with Crippen molar-refractivity contribution in [1.82, 2.24) is 5.32 Å². The zero-order valence-electron chi connectivity index (χ0n) is 8.71. The quantitative estimate of drug-likeness (QED) is 0.624. The van der Waals surface area contributed by atoms with Gasteiger partial charge in [0.05, 0.1) is 0 Å². The van der Waals surface area contributed by atoms with Crippen molar-refractivity contribution < 1.29 is 4.79 Å². The Kier molecular flexibility index (Phi) is 6.09. The van der Waals surface area contributed by atoms with Crippen molar-refractivity contribution in [3.63, 3.8) is 0 Å². The highest BCUT2D eigenvalue weighted by atomic mass is 79.9. The number of hydrogen-bond donors (Lipinski definition) is 1. The first kappa shape index (κ1) is 12.2. The number of hydrogen-bond acceptors (Lipinski definition) is 1. The molecule has 1 aromatic carbocycles. The molecule has 0 aliphatic carbocycles. The maximum Gasteiger partial charge on any atom is 0.220 e. The molecule has 0 aromatic heterocycles. The summed E-state index contributed by atoms with van der Waals surface area (Å²) in [6, 6.07) is 10.1. The molecule has 0 atom stereocenters.